The lowest BCUT2D eigenvalue weighted by Crippen LogP contribution is -2.46. The molecule has 30 heavy (non-hydrogen) atoms. The molecule has 1 N–H and O–H groups in total. The van der Waals surface area contributed by atoms with Crippen LogP contribution in [-0.2, 0) is 0 Å². The van der Waals surface area contributed by atoms with Gasteiger partial charge < -0.3 is 15.0 Å². The molecule has 3 aliphatic rings. The van der Waals surface area contributed by atoms with Gasteiger partial charge in [0.25, 0.3) is 0 Å². The number of rotatable bonds is 7. The number of hydrogen-bond donors (Lipinski definition) is 1. The predicted octanol–water partition coefficient (Wildman–Crippen LogP) is 4.99. The molecule has 1 saturated carbocycles. The lowest BCUT2D eigenvalue weighted by molar-refractivity contribution is 0.238. The average molecular weight is 430 g/mol. The Morgan fingerprint density at radius 3 is 2.83 bits per heavy atom. The largest absolute Gasteiger partial charge is 0.494 e. The third-order valence-corrected chi connectivity index (χ3v) is 7.06. The molecule has 2 aromatic carbocycles. The third-order valence-electron chi connectivity index (χ3n) is 6.68. The molecular formula is C24H29ClFN3O. The van der Waals surface area contributed by atoms with E-state index in [9.17, 15) is 4.39 Å². The monoisotopic (exact) mass is 429 g/mol. The van der Waals surface area contributed by atoms with Crippen molar-refractivity contribution in [2.45, 2.75) is 25.2 Å². The van der Waals surface area contributed by atoms with Crippen LogP contribution in [-0.4, -0.2) is 50.8 Å². The summed E-state index contributed by atoms with van der Waals surface area (Å²) in [6, 6.07) is 11.6. The maximum Gasteiger partial charge on any atom is 0.143 e. The molecule has 2 atom stereocenters. The van der Waals surface area contributed by atoms with Crippen molar-refractivity contribution in [2.75, 3.05) is 56.1 Å². The first-order chi connectivity index (χ1) is 14.7. The van der Waals surface area contributed by atoms with Crippen LogP contribution in [0, 0.1) is 11.7 Å². The molecule has 0 amide bonds. The van der Waals surface area contributed by atoms with E-state index < -0.39 is 0 Å². The van der Waals surface area contributed by atoms with E-state index in [1.54, 1.807) is 6.07 Å². The Hall–Kier alpha value is -1.98. The van der Waals surface area contributed by atoms with E-state index in [0.29, 0.717) is 0 Å². The number of nitrogens with one attached hydrogen (secondary N) is 1. The van der Waals surface area contributed by atoms with Crippen LogP contribution >= 0.6 is 11.6 Å². The fourth-order valence-corrected chi connectivity index (χ4v) is 5.02. The van der Waals surface area contributed by atoms with Crippen molar-refractivity contribution >= 4 is 23.0 Å². The van der Waals surface area contributed by atoms with E-state index >= 15 is 0 Å². The van der Waals surface area contributed by atoms with Gasteiger partial charge in [-0.1, -0.05) is 23.7 Å². The Bertz CT molecular complexity index is 900. The predicted molar refractivity (Wildman–Crippen MR) is 121 cm³/mol. The van der Waals surface area contributed by atoms with Crippen LogP contribution in [0.2, 0.25) is 5.02 Å². The molecule has 2 unspecified atom stereocenters. The number of halogens is 2. The normalized spacial score (nSPS) is 22.8. The van der Waals surface area contributed by atoms with Crippen molar-refractivity contribution in [3.8, 4) is 5.75 Å². The van der Waals surface area contributed by atoms with E-state index in [-0.39, 0.29) is 10.8 Å². The lowest BCUT2D eigenvalue weighted by atomic mass is 10.0. The highest BCUT2D eigenvalue weighted by molar-refractivity contribution is 6.33. The van der Waals surface area contributed by atoms with E-state index in [0.717, 1.165) is 82.0 Å². The smallest absolute Gasteiger partial charge is 0.143 e. The summed E-state index contributed by atoms with van der Waals surface area (Å²) < 4.78 is 19.7. The van der Waals surface area contributed by atoms with Gasteiger partial charge in [-0.3, -0.25) is 4.90 Å². The van der Waals surface area contributed by atoms with Gasteiger partial charge in [0.15, 0.2) is 0 Å². The summed E-state index contributed by atoms with van der Waals surface area (Å²) in [7, 11) is 0. The van der Waals surface area contributed by atoms with Gasteiger partial charge in [0, 0.05) is 44.5 Å². The number of ether oxygens (including phenoxy) is 1. The minimum atomic E-state index is -0.344. The lowest BCUT2D eigenvalue weighted by Gasteiger charge is -2.36. The summed E-state index contributed by atoms with van der Waals surface area (Å²) >= 11 is 6.13. The van der Waals surface area contributed by atoms with Crippen molar-refractivity contribution in [3.63, 3.8) is 0 Å². The molecule has 0 bridgehead atoms. The summed E-state index contributed by atoms with van der Waals surface area (Å²) in [5, 5.41) is 3.77. The summed E-state index contributed by atoms with van der Waals surface area (Å²) in [6.45, 7) is 6.65. The molecular weight excluding hydrogens is 401 g/mol. The Morgan fingerprint density at radius 1 is 1.10 bits per heavy atom. The Kier molecular flexibility index (Phi) is 5.74. The fourth-order valence-electron chi connectivity index (χ4n) is 4.77. The minimum Gasteiger partial charge on any atom is -0.494 e. The van der Waals surface area contributed by atoms with Crippen LogP contribution in [0.3, 0.4) is 0 Å². The Morgan fingerprint density at radius 2 is 1.97 bits per heavy atom. The third kappa shape index (κ3) is 4.23. The standard InChI is InChI=1S/C24H29ClFN3O/c25-24-21(26)4-3-5-23(24)29-11-9-28(10-12-29)8-1-2-13-30-18-6-7-19-20-14-17(20)16-27-22(19)15-18/h3-7,15,17,20,27H,1-2,8-14,16H2. The molecule has 4 nitrogen and oxygen atoms in total. The number of fused-ring (bicyclic) bond motifs is 3. The van der Waals surface area contributed by atoms with Crippen molar-refractivity contribution in [1.29, 1.82) is 0 Å². The quantitative estimate of drug-likeness (QED) is 0.627. The molecule has 2 heterocycles. The summed E-state index contributed by atoms with van der Waals surface area (Å²) in [4.78, 5) is 4.65. The highest BCUT2D eigenvalue weighted by atomic mass is 35.5. The first kappa shape index (κ1) is 20.0. The SMILES string of the molecule is Fc1cccc(N2CCN(CCCCOc3ccc4c(c3)NCC3CC43)CC2)c1Cl. The summed E-state index contributed by atoms with van der Waals surface area (Å²) in [5.41, 5.74) is 3.54. The maximum absolute atomic E-state index is 13.7. The number of hydrogen-bond acceptors (Lipinski definition) is 4. The van der Waals surface area contributed by atoms with E-state index in [2.05, 4.69) is 33.3 Å². The van der Waals surface area contributed by atoms with Crippen LogP contribution < -0.4 is 15.0 Å². The molecule has 6 heteroatoms. The highest BCUT2D eigenvalue weighted by Gasteiger charge is 2.42. The van der Waals surface area contributed by atoms with Crippen molar-refractivity contribution in [1.82, 2.24) is 4.90 Å². The van der Waals surface area contributed by atoms with Crippen LogP contribution in [0.1, 0.15) is 30.7 Å². The molecule has 5 rings (SSSR count). The van der Waals surface area contributed by atoms with Gasteiger partial charge >= 0.3 is 0 Å². The molecule has 2 aliphatic heterocycles. The van der Waals surface area contributed by atoms with Crippen molar-refractivity contribution in [3.05, 3.63) is 52.8 Å². The second kappa shape index (κ2) is 8.64. The van der Waals surface area contributed by atoms with Gasteiger partial charge in [0.1, 0.15) is 11.6 Å². The molecule has 0 spiro atoms. The first-order valence-corrected chi connectivity index (χ1v) is 11.5. The first-order valence-electron chi connectivity index (χ1n) is 11.1. The van der Waals surface area contributed by atoms with Gasteiger partial charge in [-0.25, -0.2) is 4.39 Å². The van der Waals surface area contributed by atoms with Gasteiger partial charge in [0.2, 0.25) is 0 Å². The van der Waals surface area contributed by atoms with Crippen LogP contribution in [0.5, 0.6) is 5.75 Å². The van der Waals surface area contributed by atoms with Crippen LogP contribution in [0.25, 0.3) is 0 Å². The van der Waals surface area contributed by atoms with Gasteiger partial charge in [-0.2, -0.15) is 0 Å². The van der Waals surface area contributed by atoms with Crippen molar-refractivity contribution < 1.29 is 9.13 Å². The Labute approximate surface area is 183 Å². The minimum absolute atomic E-state index is 0.234. The molecule has 0 aromatic heterocycles. The number of anilines is 2. The zero-order valence-corrected chi connectivity index (χ0v) is 18.0. The Balaban J connectivity index is 1.01. The highest BCUT2D eigenvalue weighted by Crippen LogP contribution is 2.53. The average Bonchev–Trinajstić information content (AvgIpc) is 3.56. The zero-order chi connectivity index (χ0) is 20.5. The summed E-state index contributed by atoms with van der Waals surface area (Å²) in [5.74, 6) is 2.27. The molecule has 1 saturated heterocycles. The maximum atomic E-state index is 13.7. The summed E-state index contributed by atoms with van der Waals surface area (Å²) in [6.07, 6.45) is 3.50. The molecule has 2 aromatic rings. The number of piperazine rings is 1. The van der Waals surface area contributed by atoms with Crippen molar-refractivity contribution in [2.24, 2.45) is 5.92 Å². The fraction of sp³-hybridized carbons (Fsp3) is 0.500. The molecule has 160 valence electrons. The van der Waals surface area contributed by atoms with E-state index in [1.165, 1.54) is 23.7 Å². The second-order valence-electron chi connectivity index (χ2n) is 8.69. The van der Waals surface area contributed by atoms with Gasteiger partial charge in [-0.05, 0) is 61.4 Å². The van der Waals surface area contributed by atoms with E-state index in [1.807, 2.05) is 6.07 Å². The molecule has 0 radical (unpaired) electrons. The molecule has 1 aliphatic carbocycles. The van der Waals surface area contributed by atoms with Crippen LogP contribution in [0.15, 0.2) is 36.4 Å². The zero-order valence-electron chi connectivity index (χ0n) is 17.2. The van der Waals surface area contributed by atoms with E-state index in [4.69, 9.17) is 16.3 Å². The number of unbranched alkanes of at least 4 members (excludes halogenated alkanes) is 1. The molecule has 2 fully saturated rings. The van der Waals surface area contributed by atoms with Crippen LogP contribution in [0.4, 0.5) is 15.8 Å². The topological polar surface area (TPSA) is 27.7 Å². The second-order valence-corrected chi connectivity index (χ2v) is 9.07. The van der Waals surface area contributed by atoms with Gasteiger partial charge in [0.05, 0.1) is 17.3 Å². The van der Waals surface area contributed by atoms with Gasteiger partial charge in [-0.15, -0.1) is 0 Å². The number of benzene rings is 2. The number of nitrogens with zero attached hydrogens (tertiary/aromatic N) is 2.